The van der Waals surface area contributed by atoms with Gasteiger partial charge in [-0.2, -0.15) is 0 Å². The number of nitrogens with one attached hydrogen (secondary N) is 1. The Morgan fingerprint density at radius 1 is 1.37 bits per heavy atom. The predicted molar refractivity (Wildman–Crippen MR) is 77.5 cm³/mol. The zero-order chi connectivity index (χ0) is 13.7. The Bertz CT molecular complexity index is 549. The fourth-order valence-corrected chi connectivity index (χ4v) is 2.18. The van der Waals surface area contributed by atoms with Crippen molar-refractivity contribution >= 4 is 22.2 Å². The molecule has 0 spiro atoms. The third-order valence-electron chi connectivity index (χ3n) is 2.68. The highest BCUT2D eigenvalue weighted by molar-refractivity contribution is 9.10. The van der Waals surface area contributed by atoms with Crippen molar-refractivity contribution in [1.82, 2.24) is 9.97 Å². The molecule has 0 saturated carbocycles. The molecule has 0 aliphatic heterocycles. The lowest BCUT2D eigenvalue weighted by Gasteiger charge is -2.05. The van der Waals surface area contributed by atoms with E-state index in [1.54, 1.807) is 0 Å². The van der Waals surface area contributed by atoms with E-state index in [9.17, 15) is 4.79 Å². The van der Waals surface area contributed by atoms with Crippen molar-refractivity contribution in [2.45, 2.75) is 19.8 Å². The molecule has 0 radical (unpaired) electrons. The van der Waals surface area contributed by atoms with Gasteiger partial charge < -0.3 is 9.72 Å². The first kappa shape index (κ1) is 13.8. The molecule has 100 valence electrons. The molecule has 1 heterocycles. The Balaban J connectivity index is 2.13. The van der Waals surface area contributed by atoms with Gasteiger partial charge in [-0.15, -0.1) is 0 Å². The van der Waals surface area contributed by atoms with Crippen LogP contribution in [-0.4, -0.2) is 22.9 Å². The fraction of sp³-hybridized carbons (Fsp3) is 0.286. The third-order valence-corrected chi connectivity index (χ3v) is 3.26. The molecule has 2 rings (SSSR count). The van der Waals surface area contributed by atoms with Crippen LogP contribution in [0.1, 0.15) is 30.4 Å². The van der Waals surface area contributed by atoms with Gasteiger partial charge in [-0.3, -0.25) is 4.79 Å². The number of imidazole rings is 1. The van der Waals surface area contributed by atoms with Crippen LogP contribution in [0.2, 0.25) is 0 Å². The number of hydrogen-bond acceptors (Lipinski definition) is 3. The number of aldehydes is 1. The summed E-state index contributed by atoms with van der Waals surface area (Å²) in [4.78, 5) is 17.7. The van der Waals surface area contributed by atoms with E-state index in [0.717, 1.165) is 36.5 Å². The highest BCUT2D eigenvalue weighted by Gasteiger charge is 2.09. The van der Waals surface area contributed by atoms with Crippen LogP contribution in [0.25, 0.3) is 11.3 Å². The monoisotopic (exact) mass is 322 g/mol. The molecule has 0 aliphatic carbocycles. The van der Waals surface area contributed by atoms with Gasteiger partial charge in [0.2, 0.25) is 0 Å². The number of aromatic nitrogens is 2. The van der Waals surface area contributed by atoms with Gasteiger partial charge in [0.05, 0.1) is 6.61 Å². The summed E-state index contributed by atoms with van der Waals surface area (Å²) in [5, 5.41) is 0. The van der Waals surface area contributed by atoms with Crippen molar-refractivity contribution in [3.05, 3.63) is 34.7 Å². The van der Waals surface area contributed by atoms with Gasteiger partial charge in [0.1, 0.15) is 16.0 Å². The van der Waals surface area contributed by atoms with Crippen LogP contribution in [0, 0.1) is 0 Å². The maximum absolute atomic E-state index is 10.7. The molecule has 0 unspecified atom stereocenters. The van der Waals surface area contributed by atoms with Crippen molar-refractivity contribution in [3.8, 4) is 17.0 Å². The number of aromatic amines is 1. The zero-order valence-corrected chi connectivity index (χ0v) is 12.2. The Morgan fingerprint density at radius 2 is 2.11 bits per heavy atom. The van der Waals surface area contributed by atoms with Crippen LogP contribution in [0.15, 0.2) is 28.9 Å². The van der Waals surface area contributed by atoms with E-state index in [1.165, 1.54) is 0 Å². The second-order valence-corrected chi connectivity index (χ2v) is 4.92. The minimum atomic E-state index is 0.310. The van der Waals surface area contributed by atoms with Crippen LogP contribution in [0.3, 0.4) is 0 Å². The lowest BCUT2D eigenvalue weighted by Crippen LogP contribution is -1.95. The maximum atomic E-state index is 10.7. The lowest BCUT2D eigenvalue weighted by atomic mass is 10.1. The summed E-state index contributed by atoms with van der Waals surface area (Å²) in [6.45, 7) is 2.86. The first-order valence-electron chi connectivity index (χ1n) is 6.18. The molecule has 0 amide bonds. The van der Waals surface area contributed by atoms with E-state index in [1.807, 2.05) is 24.3 Å². The SMILES string of the molecule is CCCCOc1ccc(-c2nc(C=O)[nH]c2Br)cc1. The Hall–Kier alpha value is -1.62. The average molecular weight is 323 g/mol. The van der Waals surface area contributed by atoms with Gasteiger partial charge in [0, 0.05) is 5.56 Å². The van der Waals surface area contributed by atoms with Crippen molar-refractivity contribution in [2.24, 2.45) is 0 Å². The largest absolute Gasteiger partial charge is 0.494 e. The van der Waals surface area contributed by atoms with E-state index in [4.69, 9.17) is 4.74 Å². The number of ether oxygens (including phenoxy) is 1. The zero-order valence-electron chi connectivity index (χ0n) is 10.6. The van der Waals surface area contributed by atoms with Crippen LogP contribution in [0.4, 0.5) is 0 Å². The molecule has 1 aromatic carbocycles. The second kappa shape index (κ2) is 6.52. The van der Waals surface area contributed by atoms with Gasteiger partial charge in [-0.25, -0.2) is 4.98 Å². The lowest BCUT2D eigenvalue weighted by molar-refractivity contribution is 0.111. The molecular formula is C14H15BrN2O2. The van der Waals surface area contributed by atoms with Crippen LogP contribution in [-0.2, 0) is 0 Å². The number of H-pyrrole nitrogens is 1. The number of hydrogen-bond donors (Lipinski definition) is 1. The average Bonchev–Trinajstić information content (AvgIpc) is 2.81. The van der Waals surface area contributed by atoms with Crippen molar-refractivity contribution in [2.75, 3.05) is 6.61 Å². The van der Waals surface area contributed by atoms with E-state index in [2.05, 4.69) is 32.8 Å². The van der Waals surface area contributed by atoms with Gasteiger partial charge in [0.25, 0.3) is 0 Å². The molecule has 2 aromatic rings. The first-order chi connectivity index (χ1) is 9.24. The third kappa shape index (κ3) is 3.44. The number of halogens is 1. The summed E-state index contributed by atoms with van der Waals surface area (Å²) in [6, 6.07) is 7.67. The second-order valence-electron chi connectivity index (χ2n) is 4.13. The molecule has 1 N–H and O–H groups in total. The minimum absolute atomic E-state index is 0.310. The fourth-order valence-electron chi connectivity index (χ4n) is 1.66. The van der Waals surface area contributed by atoms with E-state index < -0.39 is 0 Å². The molecular weight excluding hydrogens is 308 g/mol. The Kier molecular flexibility index (Phi) is 4.74. The molecule has 0 saturated heterocycles. The van der Waals surface area contributed by atoms with Crippen LogP contribution < -0.4 is 4.74 Å². The standard InChI is InChI=1S/C14H15BrN2O2/c1-2-3-8-19-11-6-4-10(5-7-11)13-14(15)17-12(9-18)16-13/h4-7,9H,2-3,8H2,1H3,(H,16,17). The van der Waals surface area contributed by atoms with Gasteiger partial charge in [-0.1, -0.05) is 13.3 Å². The summed E-state index contributed by atoms with van der Waals surface area (Å²) in [7, 11) is 0. The summed E-state index contributed by atoms with van der Waals surface area (Å²) in [6.07, 6.45) is 2.86. The number of nitrogens with zero attached hydrogens (tertiary/aromatic N) is 1. The smallest absolute Gasteiger partial charge is 0.185 e. The summed E-state index contributed by atoms with van der Waals surface area (Å²) >= 11 is 3.36. The molecule has 0 bridgehead atoms. The summed E-state index contributed by atoms with van der Waals surface area (Å²) < 4.78 is 6.30. The molecule has 0 aliphatic rings. The quantitative estimate of drug-likeness (QED) is 0.649. The topological polar surface area (TPSA) is 55.0 Å². The molecule has 4 nitrogen and oxygen atoms in total. The van der Waals surface area contributed by atoms with Gasteiger partial charge in [-0.05, 0) is 46.6 Å². The molecule has 0 atom stereocenters. The highest BCUT2D eigenvalue weighted by Crippen LogP contribution is 2.27. The van der Waals surface area contributed by atoms with Gasteiger partial charge >= 0.3 is 0 Å². The summed E-state index contributed by atoms with van der Waals surface area (Å²) in [5.74, 6) is 1.16. The molecule has 19 heavy (non-hydrogen) atoms. The Labute approximate surface area is 120 Å². The van der Waals surface area contributed by atoms with Crippen molar-refractivity contribution in [1.29, 1.82) is 0 Å². The number of benzene rings is 1. The van der Waals surface area contributed by atoms with Crippen molar-refractivity contribution in [3.63, 3.8) is 0 Å². The van der Waals surface area contributed by atoms with E-state index in [0.29, 0.717) is 16.7 Å². The van der Waals surface area contributed by atoms with E-state index in [-0.39, 0.29) is 0 Å². The first-order valence-corrected chi connectivity index (χ1v) is 6.97. The Morgan fingerprint density at radius 3 is 2.68 bits per heavy atom. The molecule has 0 fully saturated rings. The normalized spacial score (nSPS) is 10.4. The number of unbranched alkanes of at least 4 members (excludes halogenated alkanes) is 1. The number of carbonyl (C=O) groups is 1. The van der Waals surface area contributed by atoms with Crippen molar-refractivity contribution < 1.29 is 9.53 Å². The van der Waals surface area contributed by atoms with E-state index >= 15 is 0 Å². The number of rotatable bonds is 6. The number of carbonyl (C=O) groups excluding carboxylic acids is 1. The highest BCUT2D eigenvalue weighted by atomic mass is 79.9. The maximum Gasteiger partial charge on any atom is 0.185 e. The predicted octanol–water partition coefficient (Wildman–Crippen LogP) is 3.83. The van der Waals surface area contributed by atoms with Crippen LogP contribution >= 0.6 is 15.9 Å². The molecule has 1 aromatic heterocycles. The van der Waals surface area contributed by atoms with Crippen LogP contribution in [0.5, 0.6) is 5.75 Å². The molecule has 5 heteroatoms. The summed E-state index contributed by atoms with van der Waals surface area (Å²) in [5.41, 5.74) is 1.65. The minimum Gasteiger partial charge on any atom is -0.494 e. The van der Waals surface area contributed by atoms with Gasteiger partial charge in [0.15, 0.2) is 12.1 Å².